The molecule has 1 aliphatic rings. The highest BCUT2D eigenvalue weighted by Crippen LogP contribution is 2.26. The standard InChI is InChI=1S/C19H18FN3O3/c1-26-17-8-6-16(7-9-17)23-12-14(10-18(23)24)19(25)22-21-11-13-2-4-15(20)5-3-13/h2-9,11,14H,10,12H2,1H3,(H,22,25)/b21-11+/t14-/m0/s1. The minimum Gasteiger partial charge on any atom is -0.497 e. The maximum Gasteiger partial charge on any atom is 0.245 e. The van der Waals surface area contributed by atoms with E-state index in [0.29, 0.717) is 17.9 Å². The zero-order chi connectivity index (χ0) is 18.5. The van der Waals surface area contributed by atoms with Gasteiger partial charge >= 0.3 is 0 Å². The zero-order valence-electron chi connectivity index (χ0n) is 14.2. The van der Waals surface area contributed by atoms with E-state index in [1.165, 1.54) is 18.3 Å². The molecule has 0 bridgehead atoms. The first kappa shape index (κ1) is 17.6. The van der Waals surface area contributed by atoms with Crippen LogP contribution < -0.4 is 15.1 Å². The van der Waals surface area contributed by atoms with Crippen LogP contribution in [-0.2, 0) is 9.59 Å². The van der Waals surface area contributed by atoms with Crippen molar-refractivity contribution in [1.82, 2.24) is 5.43 Å². The lowest BCUT2D eigenvalue weighted by molar-refractivity contribution is -0.126. The number of amides is 2. The van der Waals surface area contributed by atoms with Gasteiger partial charge in [-0.1, -0.05) is 12.1 Å². The Hall–Kier alpha value is -3.22. The second kappa shape index (κ2) is 7.77. The minimum absolute atomic E-state index is 0.113. The van der Waals surface area contributed by atoms with Gasteiger partial charge in [0.1, 0.15) is 11.6 Å². The lowest BCUT2D eigenvalue weighted by atomic mass is 10.1. The molecule has 0 aromatic heterocycles. The van der Waals surface area contributed by atoms with E-state index in [9.17, 15) is 14.0 Å². The molecule has 1 atom stereocenters. The van der Waals surface area contributed by atoms with Crippen LogP contribution >= 0.6 is 0 Å². The number of hydrogen-bond acceptors (Lipinski definition) is 4. The third-order valence-corrected chi connectivity index (χ3v) is 4.14. The number of rotatable bonds is 5. The second-order valence-corrected chi connectivity index (χ2v) is 5.89. The average molecular weight is 355 g/mol. The zero-order valence-corrected chi connectivity index (χ0v) is 14.2. The number of ether oxygens (including phenoxy) is 1. The van der Waals surface area contributed by atoms with E-state index in [0.717, 1.165) is 5.69 Å². The van der Waals surface area contributed by atoms with Crippen molar-refractivity contribution in [2.45, 2.75) is 6.42 Å². The van der Waals surface area contributed by atoms with Crippen molar-refractivity contribution in [3.05, 3.63) is 59.9 Å². The first-order chi connectivity index (χ1) is 12.6. The van der Waals surface area contributed by atoms with Gasteiger partial charge in [-0.25, -0.2) is 9.82 Å². The Kier molecular flexibility index (Phi) is 5.26. The van der Waals surface area contributed by atoms with Crippen molar-refractivity contribution in [2.75, 3.05) is 18.6 Å². The Morgan fingerprint density at radius 1 is 1.23 bits per heavy atom. The number of methoxy groups -OCH3 is 1. The van der Waals surface area contributed by atoms with Crippen LogP contribution in [0.4, 0.5) is 10.1 Å². The Morgan fingerprint density at radius 2 is 1.92 bits per heavy atom. The summed E-state index contributed by atoms with van der Waals surface area (Å²) in [7, 11) is 1.57. The van der Waals surface area contributed by atoms with Crippen LogP contribution in [0.25, 0.3) is 0 Å². The summed E-state index contributed by atoms with van der Waals surface area (Å²) in [6, 6.07) is 12.8. The molecule has 0 saturated carbocycles. The first-order valence-electron chi connectivity index (χ1n) is 8.09. The van der Waals surface area contributed by atoms with Crippen LogP contribution in [-0.4, -0.2) is 31.7 Å². The molecule has 1 N–H and O–H groups in total. The predicted octanol–water partition coefficient (Wildman–Crippen LogP) is 2.34. The summed E-state index contributed by atoms with van der Waals surface area (Å²) in [6.07, 6.45) is 1.55. The molecular formula is C19H18FN3O3. The largest absolute Gasteiger partial charge is 0.497 e. The molecule has 2 aromatic rings. The third kappa shape index (κ3) is 4.05. The highest BCUT2D eigenvalue weighted by molar-refractivity contribution is 6.00. The Balaban J connectivity index is 1.58. The van der Waals surface area contributed by atoms with Crippen molar-refractivity contribution in [3.63, 3.8) is 0 Å². The number of hydrogen-bond donors (Lipinski definition) is 1. The third-order valence-electron chi connectivity index (χ3n) is 4.14. The summed E-state index contributed by atoms with van der Waals surface area (Å²) in [5, 5.41) is 3.87. The SMILES string of the molecule is COc1ccc(N2C[C@@H](C(=O)N/N=C/c3ccc(F)cc3)CC2=O)cc1. The van der Waals surface area contributed by atoms with Crippen LogP contribution in [0.2, 0.25) is 0 Å². The number of nitrogens with one attached hydrogen (secondary N) is 1. The Morgan fingerprint density at radius 3 is 2.58 bits per heavy atom. The molecule has 1 aliphatic heterocycles. The molecule has 1 heterocycles. The topological polar surface area (TPSA) is 71.0 Å². The van der Waals surface area contributed by atoms with Crippen molar-refractivity contribution in [1.29, 1.82) is 0 Å². The van der Waals surface area contributed by atoms with Gasteiger partial charge in [-0.2, -0.15) is 5.10 Å². The summed E-state index contributed by atoms with van der Waals surface area (Å²) in [5.41, 5.74) is 3.82. The van der Waals surface area contributed by atoms with E-state index in [2.05, 4.69) is 10.5 Å². The predicted molar refractivity (Wildman–Crippen MR) is 95.6 cm³/mol. The molecule has 0 aliphatic carbocycles. The van der Waals surface area contributed by atoms with Crippen LogP contribution in [0.1, 0.15) is 12.0 Å². The van der Waals surface area contributed by atoms with Crippen LogP contribution in [0.3, 0.4) is 0 Å². The van der Waals surface area contributed by atoms with Gasteiger partial charge in [-0.15, -0.1) is 0 Å². The van der Waals surface area contributed by atoms with Gasteiger partial charge in [0.25, 0.3) is 0 Å². The highest BCUT2D eigenvalue weighted by Gasteiger charge is 2.35. The van der Waals surface area contributed by atoms with E-state index < -0.39 is 5.92 Å². The molecule has 0 radical (unpaired) electrons. The fourth-order valence-electron chi connectivity index (χ4n) is 2.71. The summed E-state index contributed by atoms with van der Waals surface area (Å²) in [6.45, 7) is 0.295. The van der Waals surface area contributed by atoms with E-state index in [1.807, 2.05) is 0 Å². The van der Waals surface area contributed by atoms with Crippen molar-refractivity contribution in [3.8, 4) is 5.75 Å². The van der Waals surface area contributed by atoms with E-state index >= 15 is 0 Å². The van der Waals surface area contributed by atoms with E-state index in [-0.39, 0.29) is 24.1 Å². The second-order valence-electron chi connectivity index (χ2n) is 5.89. The Bertz CT molecular complexity index is 819. The number of nitrogens with zero attached hydrogens (tertiary/aromatic N) is 2. The van der Waals surface area contributed by atoms with E-state index in [1.54, 1.807) is 48.4 Å². The van der Waals surface area contributed by atoms with Gasteiger partial charge in [0.2, 0.25) is 11.8 Å². The van der Waals surface area contributed by atoms with Gasteiger partial charge in [0, 0.05) is 18.7 Å². The maximum atomic E-state index is 12.8. The molecule has 2 aromatic carbocycles. The molecule has 26 heavy (non-hydrogen) atoms. The van der Waals surface area contributed by atoms with Gasteiger partial charge in [-0.05, 0) is 42.0 Å². The molecule has 0 unspecified atom stereocenters. The normalized spacial score (nSPS) is 16.9. The van der Waals surface area contributed by atoms with Crippen LogP contribution in [0.15, 0.2) is 53.6 Å². The van der Waals surface area contributed by atoms with Crippen molar-refractivity contribution >= 4 is 23.7 Å². The van der Waals surface area contributed by atoms with Gasteiger partial charge in [0.05, 0.1) is 19.2 Å². The quantitative estimate of drug-likeness (QED) is 0.661. The lowest BCUT2D eigenvalue weighted by Crippen LogP contribution is -2.30. The highest BCUT2D eigenvalue weighted by atomic mass is 19.1. The number of halogens is 1. The average Bonchev–Trinajstić information content (AvgIpc) is 3.05. The van der Waals surface area contributed by atoms with Crippen molar-refractivity contribution < 1.29 is 18.7 Å². The number of carbonyl (C=O) groups excluding carboxylic acids is 2. The van der Waals surface area contributed by atoms with Gasteiger partial charge in [0.15, 0.2) is 0 Å². The molecular weight excluding hydrogens is 337 g/mol. The number of anilines is 1. The summed E-state index contributed by atoms with van der Waals surface area (Å²) < 4.78 is 17.9. The lowest BCUT2D eigenvalue weighted by Gasteiger charge is -2.16. The smallest absolute Gasteiger partial charge is 0.245 e. The van der Waals surface area contributed by atoms with Gasteiger partial charge < -0.3 is 9.64 Å². The molecule has 134 valence electrons. The maximum absolute atomic E-state index is 12.8. The van der Waals surface area contributed by atoms with Crippen molar-refractivity contribution in [2.24, 2.45) is 11.0 Å². The molecule has 1 fully saturated rings. The molecule has 0 spiro atoms. The molecule has 6 nitrogen and oxygen atoms in total. The molecule has 7 heteroatoms. The summed E-state index contributed by atoms with van der Waals surface area (Å²) in [4.78, 5) is 26.0. The Labute approximate surface area is 150 Å². The number of hydrazone groups is 1. The first-order valence-corrected chi connectivity index (χ1v) is 8.09. The molecule has 3 rings (SSSR count). The fraction of sp³-hybridized carbons (Fsp3) is 0.211. The number of carbonyl (C=O) groups is 2. The number of benzene rings is 2. The monoisotopic (exact) mass is 355 g/mol. The molecule has 1 saturated heterocycles. The van der Waals surface area contributed by atoms with Gasteiger partial charge in [-0.3, -0.25) is 9.59 Å². The van der Waals surface area contributed by atoms with Crippen LogP contribution in [0.5, 0.6) is 5.75 Å². The fourth-order valence-corrected chi connectivity index (χ4v) is 2.71. The summed E-state index contributed by atoms with van der Waals surface area (Å²) >= 11 is 0. The summed E-state index contributed by atoms with van der Waals surface area (Å²) in [5.74, 6) is -0.556. The minimum atomic E-state index is -0.477. The van der Waals surface area contributed by atoms with Crippen LogP contribution in [0, 0.1) is 11.7 Å². The van der Waals surface area contributed by atoms with E-state index in [4.69, 9.17) is 4.74 Å². The molecule has 2 amide bonds.